The van der Waals surface area contributed by atoms with Gasteiger partial charge >= 0.3 is 0 Å². The van der Waals surface area contributed by atoms with E-state index >= 15 is 0 Å². The fourth-order valence-corrected chi connectivity index (χ4v) is 5.50. The molecule has 0 aliphatic carbocycles. The number of hydrogen-bond acceptors (Lipinski definition) is 7. The molecule has 0 radical (unpaired) electrons. The largest absolute Gasteiger partial charge is 0.484 e. The number of carbonyl (C=O) groups is 1. The zero-order valence-electron chi connectivity index (χ0n) is 18.0. The average Bonchev–Trinajstić information content (AvgIpc) is 3.26. The zero-order chi connectivity index (χ0) is 23.4. The average molecular weight is 491 g/mol. The van der Waals surface area contributed by atoms with Crippen LogP contribution in [-0.4, -0.2) is 48.5 Å². The van der Waals surface area contributed by atoms with E-state index in [-0.39, 0.29) is 16.5 Å². The molecule has 11 heteroatoms. The molecular formula is C22H23ClN4O5S. The maximum Gasteiger partial charge on any atom is 0.262 e. The monoisotopic (exact) mass is 490 g/mol. The number of anilines is 1. The quantitative estimate of drug-likeness (QED) is 0.534. The van der Waals surface area contributed by atoms with Crippen molar-refractivity contribution in [2.24, 2.45) is 0 Å². The molecule has 1 saturated heterocycles. The Labute approximate surface area is 196 Å². The second kappa shape index (κ2) is 9.90. The number of hydrogen-bond donors (Lipinski definition) is 1. The molecule has 33 heavy (non-hydrogen) atoms. The van der Waals surface area contributed by atoms with Gasteiger partial charge in [-0.1, -0.05) is 23.2 Å². The molecule has 0 atom stereocenters. The van der Waals surface area contributed by atoms with Gasteiger partial charge in [-0.25, -0.2) is 8.42 Å². The maximum atomic E-state index is 13.0. The molecule has 174 valence electrons. The second-order valence-electron chi connectivity index (χ2n) is 7.61. The Morgan fingerprint density at radius 1 is 1.15 bits per heavy atom. The number of sulfonamides is 1. The number of halogens is 1. The van der Waals surface area contributed by atoms with Gasteiger partial charge in [0.25, 0.3) is 5.91 Å². The number of nitrogens with one attached hydrogen (secondary N) is 1. The molecule has 0 unspecified atom stereocenters. The molecule has 1 fully saturated rings. The van der Waals surface area contributed by atoms with Gasteiger partial charge in [0.2, 0.25) is 21.7 Å². The highest BCUT2D eigenvalue weighted by molar-refractivity contribution is 7.89. The zero-order valence-corrected chi connectivity index (χ0v) is 19.5. The van der Waals surface area contributed by atoms with Crippen molar-refractivity contribution < 1.29 is 22.5 Å². The summed E-state index contributed by atoms with van der Waals surface area (Å²) in [7, 11) is -3.73. The number of amides is 1. The van der Waals surface area contributed by atoms with Gasteiger partial charge in [-0.3, -0.25) is 4.79 Å². The fourth-order valence-electron chi connectivity index (χ4n) is 3.49. The Morgan fingerprint density at radius 3 is 2.55 bits per heavy atom. The van der Waals surface area contributed by atoms with E-state index in [4.69, 9.17) is 20.9 Å². The summed E-state index contributed by atoms with van der Waals surface area (Å²) in [5, 5.41) is 6.62. The Kier molecular flexibility index (Phi) is 6.96. The van der Waals surface area contributed by atoms with Gasteiger partial charge in [0.05, 0.1) is 5.02 Å². The molecule has 9 nitrogen and oxygen atoms in total. The minimum absolute atomic E-state index is 0.0166. The number of nitrogens with zero attached hydrogens (tertiary/aromatic N) is 3. The fraction of sp³-hybridized carbons (Fsp3) is 0.318. The topological polar surface area (TPSA) is 115 Å². The van der Waals surface area contributed by atoms with E-state index in [1.54, 1.807) is 37.3 Å². The van der Waals surface area contributed by atoms with E-state index in [0.29, 0.717) is 36.2 Å². The van der Waals surface area contributed by atoms with Gasteiger partial charge in [-0.05, 0) is 55.3 Å². The van der Waals surface area contributed by atoms with Crippen LogP contribution in [0, 0.1) is 6.92 Å². The third kappa shape index (κ3) is 5.52. The number of piperidine rings is 1. The highest BCUT2D eigenvalue weighted by Crippen LogP contribution is 2.29. The van der Waals surface area contributed by atoms with Gasteiger partial charge in [0, 0.05) is 31.3 Å². The van der Waals surface area contributed by atoms with Crippen LogP contribution in [0.5, 0.6) is 5.75 Å². The van der Waals surface area contributed by atoms with Gasteiger partial charge in [0.15, 0.2) is 6.61 Å². The van der Waals surface area contributed by atoms with Gasteiger partial charge in [-0.15, -0.1) is 0 Å². The van der Waals surface area contributed by atoms with Gasteiger partial charge in [0.1, 0.15) is 10.6 Å². The van der Waals surface area contributed by atoms with E-state index in [1.165, 1.54) is 16.4 Å². The maximum absolute atomic E-state index is 13.0. The minimum atomic E-state index is -3.73. The van der Waals surface area contributed by atoms with Crippen LogP contribution >= 0.6 is 11.6 Å². The lowest BCUT2D eigenvalue weighted by molar-refractivity contribution is -0.118. The molecule has 0 bridgehead atoms. The summed E-state index contributed by atoms with van der Waals surface area (Å²) in [5.74, 6) is 0.987. The number of rotatable bonds is 7. The molecule has 1 aliphatic rings. The number of aromatic nitrogens is 2. The Balaban J connectivity index is 1.38. The Hall–Kier alpha value is -2.95. The number of carbonyl (C=O) groups excluding carboxylic acids is 1. The second-order valence-corrected chi connectivity index (χ2v) is 9.92. The predicted octanol–water partition coefficient (Wildman–Crippen LogP) is 3.89. The van der Waals surface area contributed by atoms with E-state index in [1.807, 2.05) is 0 Å². The van der Waals surface area contributed by atoms with Crippen LogP contribution in [-0.2, 0) is 14.8 Å². The number of aryl methyl sites for hydroxylation is 1. The van der Waals surface area contributed by atoms with Crippen molar-refractivity contribution in [3.8, 4) is 17.1 Å². The van der Waals surface area contributed by atoms with Crippen LogP contribution in [0.25, 0.3) is 11.4 Å². The summed E-state index contributed by atoms with van der Waals surface area (Å²) in [6.07, 6.45) is 2.65. The normalized spacial score (nSPS) is 14.7. The third-order valence-corrected chi connectivity index (χ3v) is 7.54. The molecule has 2 aromatic carbocycles. The van der Waals surface area contributed by atoms with E-state index in [9.17, 15) is 13.2 Å². The van der Waals surface area contributed by atoms with E-state index in [2.05, 4.69) is 15.5 Å². The van der Waals surface area contributed by atoms with Crippen molar-refractivity contribution in [2.75, 3.05) is 25.0 Å². The van der Waals surface area contributed by atoms with Crippen molar-refractivity contribution in [3.63, 3.8) is 0 Å². The molecule has 1 amide bonds. The summed E-state index contributed by atoms with van der Waals surface area (Å²) >= 11 is 6.18. The van der Waals surface area contributed by atoms with Crippen molar-refractivity contribution in [1.29, 1.82) is 0 Å². The van der Waals surface area contributed by atoms with Crippen molar-refractivity contribution in [1.82, 2.24) is 14.4 Å². The number of benzene rings is 2. The van der Waals surface area contributed by atoms with E-state index < -0.39 is 15.9 Å². The lowest BCUT2D eigenvalue weighted by Gasteiger charge is -2.26. The van der Waals surface area contributed by atoms with Crippen LogP contribution in [0.3, 0.4) is 0 Å². The molecule has 4 rings (SSSR count). The van der Waals surface area contributed by atoms with Crippen LogP contribution < -0.4 is 10.1 Å². The molecule has 1 N–H and O–H groups in total. The van der Waals surface area contributed by atoms with Crippen LogP contribution in [0.4, 0.5) is 5.69 Å². The first-order valence-electron chi connectivity index (χ1n) is 10.5. The summed E-state index contributed by atoms with van der Waals surface area (Å²) in [6, 6.07) is 11.3. The van der Waals surface area contributed by atoms with Gasteiger partial charge in [-0.2, -0.15) is 9.29 Å². The summed E-state index contributed by atoms with van der Waals surface area (Å²) in [5.41, 5.74) is 1.08. The molecule has 1 aromatic heterocycles. The van der Waals surface area contributed by atoms with Crippen molar-refractivity contribution >= 4 is 33.2 Å². The molecule has 3 aromatic rings. The lowest BCUT2D eigenvalue weighted by atomic mass is 10.2. The first kappa shape index (κ1) is 23.2. The smallest absolute Gasteiger partial charge is 0.262 e. The highest BCUT2D eigenvalue weighted by atomic mass is 35.5. The summed E-state index contributed by atoms with van der Waals surface area (Å²) in [6.45, 7) is 2.39. The first-order valence-corrected chi connectivity index (χ1v) is 12.3. The van der Waals surface area contributed by atoms with Crippen LogP contribution in [0.15, 0.2) is 51.9 Å². The molecule has 2 heterocycles. The Bertz CT molecular complexity index is 1240. The lowest BCUT2D eigenvalue weighted by Crippen LogP contribution is -2.35. The SMILES string of the molecule is Cc1nc(-c2ccc(OCC(=O)Nc3ccc(Cl)c(S(=O)(=O)N4CCCCC4)c3)cc2)no1. The summed E-state index contributed by atoms with van der Waals surface area (Å²) in [4.78, 5) is 16.5. The van der Waals surface area contributed by atoms with Gasteiger partial charge < -0.3 is 14.6 Å². The van der Waals surface area contributed by atoms with Crippen LogP contribution in [0.1, 0.15) is 25.2 Å². The highest BCUT2D eigenvalue weighted by Gasteiger charge is 2.28. The van der Waals surface area contributed by atoms with Crippen molar-refractivity contribution in [3.05, 3.63) is 53.4 Å². The predicted molar refractivity (Wildman–Crippen MR) is 123 cm³/mol. The van der Waals surface area contributed by atoms with Crippen LogP contribution in [0.2, 0.25) is 5.02 Å². The standard InChI is InChI=1S/C22H23ClN4O5S/c1-15-24-22(26-32-15)16-5-8-18(9-6-16)31-14-21(28)25-17-7-10-19(23)20(13-17)33(29,30)27-11-3-2-4-12-27/h5-10,13H,2-4,11-12,14H2,1H3,(H,25,28). The third-order valence-electron chi connectivity index (χ3n) is 5.16. The van der Waals surface area contributed by atoms with E-state index in [0.717, 1.165) is 24.8 Å². The summed E-state index contributed by atoms with van der Waals surface area (Å²) < 4.78 is 37.9. The minimum Gasteiger partial charge on any atom is -0.484 e. The van der Waals surface area contributed by atoms with Crippen molar-refractivity contribution in [2.45, 2.75) is 31.1 Å². The molecule has 0 saturated carbocycles. The number of ether oxygens (including phenoxy) is 1. The first-order chi connectivity index (χ1) is 15.8. The molecular weight excluding hydrogens is 468 g/mol. The molecule has 0 spiro atoms. The molecule has 1 aliphatic heterocycles. The Morgan fingerprint density at radius 2 is 1.88 bits per heavy atom.